The van der Waals surface area contributed by atoms with Crippen molar-refractivity contribution in [2.24, 2.45) is 5.73 Å². The highest BCUT2D eigenvalue weighted by Gasteiger charge is 2.30. The molecule has 30 heavy (non-hydrogen) atoms. The van der Waals surface area contributed by atoms with Gasteiger partial charge in [0.25, 0.3) is 5.91 Å². The molecule has 3 heterocycles. The first kappa shape index (κ1) is 19.9. The van der Waals surface area contributed by atoms with Crippen LogP contribution in [0.25, 0.3) is 11.3 Å². The number of methoxy groups -OCH3 is 1. The molecule has 1 amide bonds. The van der Waals surface area contributed by atoms with E-state index < -0.39 is 11.7 Å². The van der Waals surface area contributed by atoms with Gasteiger partial charge in [-0.15, -0.1) is 0 Å². The summed E-state index contributed by atoms with van der Waals surface area (Å²) >= 11 is 0. The van der Waals surface area contributed by atoms with Gasteiger partial charge in [-0.2, -0.15) is 4.98 Å². The van der Waals surface area contributed by atoms with Crippen LogP contribution in [0.2, 0.25) is 0 Å². The van der Waals surface area contributed by atoms with Gasteiger partial charge < -0.3 is 19.7 Å². The van der Waals surface area contributed by atoms with Crippen LogP contribution in [0.15, 0.2) is 41.1 Å². The molecule has 156 valence electrons. The number of nitrogens with two attached hydrogens (primary N) is 1. The molecule has 0 aliphatic carbocycles. The summed E-state index contributed by atoms with van der Waals surface area (Å²) in [4.78, 5) is 21.8. The minimum atomic E-state index is -0.806. The van der Waals surface area contributed by atoms with Gasteiger partial charge in [-0.25, -0.2) is 4.39 Å². The maximum Gasteiger partial charge on any atom is 0.251 e. The highest BCUT2D eigenvalue weighted by Crippen LogP contribution is 2.24. The summed E-state index contributed by atoms with van der Waals surface area (Å²) in [5.41, 5.74) is 6.09. The highest BCUT2D eigenvalue weighted by atomic mass is 19.1. The summed E-state index contributed by atoms with van der Waals surface area (Å²) in [6, 6.07) is 7.71. The van der Waals surface area contributed by atoms with Gasteiger partial charge in [0, 0.05) is 25.8 Å². The van der Waals surface area contributed by atoms with Crippen LogP contribution < -0.4 is 10.5 Å². The first-order valence-corrected chi connectivity index (χ1v) is 9.27. The summed E-state index contributed by atoms with van der Waals surface area (Å²) in [6.45, 7) is 2.33. The number of rotatable bonds is 8. The van der Waals surface area contributed by atoms with E-state index in [9.17, 15) is 9.18 Å². The lowest BCUT2D eigenvalue weighted by atomic mass is 10.1. The fourth-order valence-electron chi connectivity index (χ4n) is 3.15. The molecule has 10 heteroatoms. The van der Waals surface area contributed by atoms with Crippen LogP contribution in [0.3, 0.4) is 0 Å². The molecule has 0 unspecified atom stereocenters. The van der Waals surface area contributed by atoms with Crippen molar-refractivity contribution in [3.05, 3.63) is 59.6 Å². The van der Waals surface area contributed by atoms with E-state index in [2.05, 4.69) is 20.0 Å². The fraction of sp³-hybridized carbons (Fsp3) is 0.300. The predicted molar refractivity (Wildman–Crippen MR) is 103 cm³/mol. The monoisotopic (exact) mass is 413 g/mol. The molecule has 0 atom stereocenters. The third kappa shape index (κ3) is 4.44. The van der Waals surface area contributed by atoms with E-state index in [0.717, 1.165) is 13.1 Å². The van der Waals surface area contributed by atoms with Crippen LogP contribution in [0.5, 0.6) is 5.75 Å². The van der Waals surface area contributed by atoms with E-state index in [0.29, 0.717) is 41.9 Å². The Bertz CT molecular complexity index is 1030. The Hall–Kier alpha value is -3.37. The number of aromatic nitrogens is 3. The predicted octanol–water partition coefficient (Wildman–Crippen LogP) is 1.78. The second kappa shape index (κ2) is 8.56. The SMILES string of the molecule is COCc1noc(CN2CC(Oc3ccc(-c4ccc(C(N)=O)c(F)c4)nc3)C2)n1. The van der Waals surface area contributed by atoms with Crippen molar-refractivity contribution < 1.29 is 23.2 Å². The van der Waals surface area contributed by atoms with E-state index >= 15 is 0 Å². The number of nitrogens with zero attached hydrogens (tertiary/aromatic N) is 4. The number of carbonyl (C=O) groups excluding carboxylic acids is 1. The van der Waals surface area contributed by atoms with E-state index in [1.807, 2.05) is 0 Å². The van der Waals surface area contributed by atoms with E-state index in [1.165, 1.54) is 12.1 Å². The zero-order chi connectivity index (χ0) is 21.1. The first-order chi connectivity index (χ1) is 14.5. The molecule has 4 rings (SSSR count). The number of benzene rings is 1. The Kier molecular flexibility index (Phi) is 5.68. The minimum Gasteiger partial charge on any atom is -0.486 e. The van der Waals surface area contributed by atoms with Crippen molar-refractivity contribution in [3.63, 3.8) is 0 Å². The molecule has 1 aromatic carbocycles. The maximum absolute atomic E-state index is 13.9. The summed E-state index contributed by atoms with van der Waals surface area (Å²) in [7, 11) is 1.58. The Morgan fingerprint density at radius 3 is 2.83 bits per heavy atom. The van der Waals surface area contributed by atoms with Gasteiger partial charge >= 0.3 is 0 Å². The average Bonchev–Trinajstić information content (AvgIpc) is 3.14. The molecular formula is C20H20FN5O4. The number of likely N-dealkylation sites (tertiary alicyclic amines) is 1. The number of carbonyl (C=O) groups is 1. The number of ether oxygens (including phenoxy) is 2. The summed E-state index contributed by atoms with van der Waals surface area (Å²) in [6.07, 6.45) is 1.62. The van der Waals surface area contributed by atoms with Crippen molar-refractivity contribution in [2.45, 2.75) is 19.3 Å². The Morgan fingerprint density at radius 1 is 1.33 bits per heavy atom. The molecule has 0 bridgehead atoms. The lowest BCUT2D eigenvalue weighted by Crippen LogP contribution is -2.53. The van der Waals surface area contributed by atoms with Gasteiger partial charge in [0.05, 0.1) is 24.0 Å². The van der Waals surface area contributed by atoms with Crippen molar-refractivity contribution in [1.29, 1.82) is 0 Å². The summed E-state index contributed by atoms with van der Waals surface area (Å²) in [5.74, 6) is 0.210. The largest absolute Gasteiger partial charge is 0.486 e. The van der Waals surface area contributed by atoms with Gasteiger partial charge in [0.1, 0.15) is 24.3 Å². The lowest BCUT2D eigenvalue weighted by Gasteiger charge is -2.37. The number of hydrogen-bond acceptors (Lipinski definition) is 8. The fourth-order valence-corrected chi connectivity index (χ4v) is 3.15. The molecule has 0 radical (unpaired) electrons. The smallest absolute Gasteiger partial charge is 0.251 e. The summed E-state index contributed by atoms with van der Waals surface area (Å²) < 4.78 is 30.0. The van der Waals surface area contributed by atoms with Crippen LogP contribution in [0, 0.1) is 5.82 Å². The quantitative estimate of drug-likeness (QED) is 0.594. The third-order valence-corrected chi connectivity index (χ3v) is 4.64. The van der Waals surface area contributed by atoms with Crippen LogP contribution in [-0.2, 0) is 17.9 Å². The second-order valence-electron chi connectivity index (χ2n) is 6.91. The van der Waals surface area contributed by atoms with Gasteiger partial charge in [0.15, 0.2) is 5.82 Å². The Morgan fingerprint density at radius 2 is 2.17 bits per heavy atom. The number of halogens is 1. The van der Waals surface area contributed by atoms with Gasteiger partial charge in [-0.05, 0) is 24.3 Å². The number of primary amides is 1. The average molecular weight is 413 g/mol. The molecule has 0 spiro atoms. The first-order valence-electron chi connectivity index (χ1n) is 9.27. The van der Waals surface area contributed by atoms with Crippen molar-refractivity contribution in [1.82, 2.24) is 20.0 Å². The zero-order valence-electron chi connectivity index (χ0n) is 16.2. The Balaban J connectivity index is 1.29. The molecule has 9 nitrogen and oxygen atoms in total. The van der Waals surface area contributed by atoms with Gasteiger partial charge in [0.2, 0.25) is 5.89 Å². The molecule has 0 saturated carbocycles. The van der Waals surface area contributed by atoms with E-state index in [4.69, 9.17) is 19.7 Å². The highest BCUT2D eigenvalue weighted by molar-refractivity contribution is 5.93. The van der Waals surface area contributed by atoms with Crippen LogP contribution in [0.1, 0.15) is 22.1 Å². The zero-order valence-corrected chi connectivity index (χ0v) is 16.2. The number of pyridine rings is 1. The van der Waals surface area contributed by atoms with E-state index in [1.54, 1.807) is 31.5 Å². The molecule has 3 aromatic rings. The van der Waals surface area contributed by atoms with Gasteiger partial charge in [-0.1, -0.05) is 11.2 Å². The molecule has 1 aliphatic heterocycles. The Labute approximate surface area is 171 Å². The van der Waals surface area contributed by atoms with Crippen LogP contribution in [-0.4, -0.2) is 52.2 Å². The second-order valence-corrected chi connectivity index (χ2v) is 6.91. The molecule has 1 fully saturated rings. The minimum absolute atomic E-state index is 0.0336. The molecule has 2 aromatic heterocycles. The topological polar surface area (TPSA) is 117 Å². The van der Waals surface area contributed by atoms with Crippen molar-refractivity contribution in [3.8, 4) is 17.0 Å². The standard InChI is InChI=1S/C20H20FN5O4/c1-28-11-18-24-19(30-25-18)10-26-8-14(9-26)29-13-3-5-17(23-7-13)12-2-4-15(20(22)27)16(21)6-12/h2-7,14H,8-11H2,1H3,(H2,22,27). The van der Waals surface area contributed by atoms with Crippen molar-refractivity contribution >= 4 is 5.91 Å². The molecular weight excluding hydrogens is 393 g/mol. The summed E-state index contributed by atoms with van der Waals surface area (Å²) in [5, 5.41) is 3.83. The number of amides is 1. The third-order valence-electron chi connectivity index (χ3n) is 4.64. The molecule has 2 N–H and O–H groups in total. The maximum atomic E-state index is 13.9. The normalized spacial score (nSPS) is 14.5. The molecule has 1 aliphatic rings. The van der Waals surface area contributed by atoms with Crippen LogP contribution >= 0.6 is 0 Å². The van der Waals surface area contributed by atoms with Crippen molar-refractivity contribution in [2.75, 3.05) is 20.2 Å². The van der Waals surface area contributed by atoms with Crippen LogP contribution in [0.4, 0.5) is 4.39 Å². The van der Waals surface area contributed by atoms with E-state index in [-0.39, 0.29) is 11.7 Å². The van der Waals surface area contributed by atoms with Gasteiger partial charge in [-0.3, -0.25) is 14.7 Å². The lowest BCUT2D eigenvalue weighted by molar-refractivity contribution is 0.00844. The number of hydrogen-bond donors (Lipinski definition) is 1. The molecule has 1 saturated heterocycles.